The van der Waals surface area contributed by atoms with Crippen LogP contribution in [0.3, 0.4) is 0 Å². The summed E-state index contributed by atoms with van der Waals surface area (Å²) in [6, 6.07) is 8.67. The first-order chi connectivity index (χ1) is 17.0. The Morgan fingerprint density at radius 3 is 2.53 bits per heavy atom. The van der Waals surface area contributed by atoms with Crippen molar-refractivity contribution in [2.75, 3.05) is 18.8 Å². The zero-order chi connectivity index (χ0) is 25.8. The summed E-state index contributed by atoms with van der Waals surface area (Å²) in [5.74, 6) is 0.345. The summed E-state index contributed by atoms with van der Waals surface area (Å²) in [6.45, 7) is 14.1. The molecule has 0 saturated carbocycles. The summed E-state index contributed by atoms with van der Waals surface area (Å²) in [6.07, 6.45) is 2.95. The molecule has 9 nitrogen and oxygen atoms in total. The summed E-state index contributed by atoms with van der Waals surface area (Å²) in [5, 5.41) is 6.65. The van der Waals surface area contributed by atoms with Crippen molar-refractivity contribution < 1.29 is 9.53 Å². The maximum absolute atomic E-state index is 13.5. The van der Waals surface area contributed by atoms with Crippen molar-refractivity contribution in [1.82, 2.24) is 29.2 Å². The molecule has 4 heterocycles. The fraction of sp³-hybridized carbons (Fsp3) is 0.481. The summed E-state index contributed by atoms with van der Waals surface area (Å²) in [4.78, 5) is 24.8. The topological polar surface area (TPSA) is 104 Å². The van der Waals surface area contributed by atoms with Crippen LogP contribution in [-0.4, -0.2) is 60.0 Å². The molecule has 1 aliphatic rings. The molecule has 36 heavy (non-hydrogen) atoms. The zero-order valence-electron chi connectivity index (χ0n) is 21.9. The number of hydrogen-bond acceptors (Lipinski definition) is 7. The van der Waals surface area contributed by atoms with Gasteiger partial charge in [0.15, 0.2) is 5.65 Å². The largest absolute Gasteiger partial charge is 0.443 e. The van der Waals surface area contributed by atoms with Gasteiger partial charge >= 0.3 is 6.09 Å². The first kappa shape index (κ1) is 24.2. The van der Waals surface area contributed by atoms with Gasteiger partial charge in [-0.25, -0.2) is 24.0 Å². The molecule has 0 aliphatic carbocycles. The highest BCUT2D eigenvalue weighted by Crippen LogP contribution is 2.37. The number of hydrogen-bond donors (Lipinski definition) is 1. The number of aromatic nitrogens is 5. The van der Waals surface area contributed by atoms with Crippen LogP contribution in [-0.2, 0) is 4.74 Å². The molecule has 0 atom stereocenters. The summed E-state index contributed by atoms with van der Waals surface area (Å²) >= 11 is 0. The van der Waals surface area contributed by atoms with Crippen LogP contribution in [0.1, 0.15) is 59.1 Å². The summed E-state index contributed by atoms with van der Waals surface area (Å²) in [7, 11) is 0. The molecule has 1 aliphatic heterocycles. The molecule has 5 rings (SSSR count). The fourth-order valence-corrected chi connectivity index (χ4v) is 5.09. The zero-order valence-corrected chi connectivity index (χ0v) is 21.9. The predicted molar refractivity (Wildman–Crippen MR) is 142 cm³/mol. The van der Waals surface area contributed by atoms with Gasteiger partial charge in [-0.1, -0.05) is 11.6 Å². The van der Waals surface area contributed by atoms with Crippen molar-refractivity contribution in [3.05, 3.63) is 36.2 Å². The van der Waals surface area contributed by atoms with Gasteiger partial charge in [0, 0.05) is 24.5 Å². The lowest BCUT2D eigenvalue weighted by Gasteiger charge is -2.34. The minimum Gasteiger partial charge on any atom is -0.443 e. The van der Waals surface area contributed by atoms with Crippen LogP contribution in [0, 0.1) is 6.92 Å². The molecule has 1 aromatic carbocycles. The van der Waals surface area contributed by atoms with Crippen LogP contribution in [0.4, 0.5) is 10.6 Å². The highest BCUT2D eigenvalue weighted by Gasteiger charge is 2.30. The average Bonchev–Trinajstić information content (AvgIpc) is 3.37. The van der Waals surface area contributed by atoms with Crippen LogP contribution in [0.15, 0.2) is 30.6 Å². The molecule has 2 N–H and O–H groups in total. The lowest BCUT2D eigenvalue weighted by Crippen LogP contribution is -2.39. The number of fused-ring (bicyclic) bond motifs is 2. The van der Waals surface area contributed by atoms with Crippen LogP contribution < -0.4 is 5.73 Å². The van der Waals surface area contributed by atoms with E-state index in [1.807, 2.05) is 50.6 Å². The molecule has 0 amide bonds. The molecule has 1 fully saturated rings. The van der Waals surface area contributed by atoms with E-state index < -0.39 is 11.7 Å². The van der Waals surface area contributed by atoms with Gasteiger partial charge in [0.25, 0.3) is 0 Å². The van der Waals surface area contributed by atoms with Gasteiger partial charge < -0.3 is 15.4 Å². The molecule has 0 spiro atoms. The van der Waals surface area contributed by atoms with Crippen molar-refractivity contribution >= 4 is 33.8 Å². The van der Waals surface area contributed by atoms with Crippen molar-refractivity contribution in [3.63, 3.8) is 0 Å². The van der Waals surface area contributed by atoms with Crippen LogP contribution >= 0.6 is 0 Å². The van der Waals surface area contributed by atoms with E-state index in [4.69, 9.17) is 15.6 Å². The SMILES string of the molecule is Cc1ccc2c(c1)cc(-c1nn(C3CCN(C(C)C)CC3)c3ncnc(N)c13)n2C(=O)OC(C)(C)C. The Hall–Kier alpha value is -3.46. The molecule has 9 heteroatoms. The molecule has 1 saturated heterocycles. The third-order valence-electron chi connectivity index (χ3n) is 6.87. The minimum absolute atomic E-state index is 0.187. The molecule has 0 unspecified atom stereocenters. The number of carbonyl (C=O) groups is 1. The highest BCUT2D eigenvalue weighted by atomic mass is 16.6. The van der Waals surface area contributed by atoms with E-state index in [9.17, 15) is 4.79 Å². The van der Waals surface area contributed by atoms with Crippen molar-refractivity contribution in [2.24, 2.45) is 0 Å². The Kier molecular flexibility index (Phi) is 5.98. The Labute approximate surface area is 211 Å². The quantitative estimate of drug-likeness (QED) is 0.423. The van der Waals surface area contributed by atoms with Gasteiger partial charge in [0.2, 0.25) is 0 Å². The third-order valence-corrected chi connectivity index (χ3v) is 6.87. The first-order valence-corrected chi connectivity index (χ1v) is 12.6. The standard InChI is InChI=1S/C27H35N7O2/c1-16(2)32-11-9-19(10-12-32)34-25-22(24(28)29-15-30-25)23(31-34)21-14-18-13-17(3)7-8-20(18)33(21)26(35)36-27(4,5)6/h7-8,13-16,19H,9-12H2,1-6H3,(H2,28,29,30). The van der Waals surface area contributed by atoms with Gasteiger partial charge in [-0.05, 0) is 72.6 Å². The van der Waals surface area contributed by atoms with E-state index in [1.165, 1.54) is 6.33 Å². The molecular formula is C27H35N7O2. The molecule has 190 valence electrons. The van der Waals surface area contributed by atoms with Gasteiger partial charge in [0.1, 0.15) is 23.4 Å². The highest BCUT2D eigenvalue weighted by molar-refractivity contribution is 6.03. The van der Waals surface area contributed by atoms with Crippen molar-refractivity contribution in [3.8, 4) is 11.4 Å². The number of ether oxygens (including phenoxy) is 1. The van der Waals surface area contributed by atoms with E-state index >= 15 is 0 Å². The second kappa shape index (κ2) is 8.89. The summed E-state index contributed by atoms with van der Waals surface area (Å²) < 4.78 is 9.39. The van der Waals surface area contributed by atoms with Crippen molar-refractivity contribution in [1.29, 1.82) is 0 Å². The van der Waals surface area contributed by atoms with Gasteiger partial charge in [-0.3, -0.25) is 0 Å². The maximum Gasteiger partial charge on any atom is 0.419 e. The molecule has 3 aromatic heterocycles. The van der Waals surface area contributed by atoms with Crippen LogP contribution in [0.5, 0.6) is 0 Å². The average molecular weight is 490 g/mol. The number of likely N-dealkylation sites (tertiary alicyclic amines) is 1. The second-order valence-corrected chi connectivity index (χ2v) is 11.0. The van der Waals surface area contributed by atoms with E-state index in [0.717, 1.165) is 42.4 Å². The molecule has 0 bridgehead atoms. The Bertz CT molecular complexity index is 1440. The molecule has 4 aromatic rings. The van der Waals surface area contributed by atoms with E-state index in [2.05, 4.69) is 34.8 Å². The van der Waals surface area contributed by atoms with E-state index in [0.29, 0.717) is 34.3 Å². The lowest BCUT2D eigenvalue weighted by molar-refractivity contribution is 0.0547. The number of benzene rings is 1. The third kappa shape index (κ3) is 4.32. The molecular weight excluding hydrogens is 454 g/mol. The van der Waals surface area contributed by atoms with E-state index in [-0.39, 0.29) is 6.04 Å². The van der Waals surface area contributed by atoms with Crippen LogP contribution in [0.2, 0.25) is 0 Å². The minimum atomic E-state index is -0.649. The second-order valence-electron chi connectivity index (χ2n) is 11.0. The van der Waals surface area contributed by atoms with E-state index in [1.54, 1.807) is 4.57 Å². The Morgan fingerprint density at radius 2 is 1.86 bits per heavy atom. The number of nitrogens with zero attached hydrogens (tertiary/aromatic N) is 6. The first-order valence-electron chi connectivity index (χ1n) is 12.6. The number of rotatable bonds is 3. The fourth-order valence-electron chi connectivity index (χ4n) is 5.09. The van der Waals surface area contributed by atoms with Gasteiger partial charge in [0.05, 0.1) is 22.6 Å². The Balaban J connectivity index is 1.69. The maximum atomic E-state index is 13.5. The summed E-state index contributed by atoms with van der Waals surface area (Å²) in [5.41, 5.74) is 9.52. The van der Waals surface area contributed by atoms with Crippen LogP contribution in [0.25, 0.3) is 33.3 Å². The number of nitrogen functional groups attached to an aromatic ring is 1. The predicted octanol–water partition coefficient (Wildman–Crippen LogP) is 5.17. The lowest BCUT2D eigenvalue weighted by atomic mass is 10.0. The van der Waals surface area contributed by atoms with Gasteiger partial charge in [-0.15, -0.1) is 0 Å². The normalized spacial score (nSPS) is 15.9. The van der Waals surface area contributed by atoms with Gasteiger partial charge in [-0.2, -0.15) is 5.10 Å². The number of anilines is 1. The number of nitrogens with two attached hydrogens (primary N) is 1. The monoisotopic (exact) mass is 489 g/mol. The number of piperidine rings is 1. The number of aryl methyl sites for hydroxylation is 1. The number of carbonyl (C=O) groups excluding carboxylic acids is 1. The smallest absolute Gasteiger partial charge is 0.419 e. The van der Waals surface area contributed by atoms with Crippen molar-refractivity contribution in [2.45, 2.75) is 72.1 Å². The Morgan fingerprint density at radius 1 is 1.14 bits per heavy atom. The molecule has 0 radical (unpaired) electrons.